The molecule has 0 aromatic heterocycles. The van der Waals surface area contributed by atoms with Crippen LogP contribution in [0, 0.1) is 0 Å². The van der Waals surface area contributed by atoms with Crippen molar-refractivity contribution in [2.24, 2.45) is 0 Å². The van der Waals surface area contributed by atoms with E-state index in [4.69, 9.17) is 4.74 Å². The van der Waals surface area contributed by atoms with E-state index >= 15 is 0 Å². The van der Waals surface area contributed by atoms with E-state index in [1.54, 1.807) is 6.07 Å². The fraction of sp³-hybridized carbons (Fsp3) is 0.333. The average molecular weight is 356 g/mol. The Labute approximate surface area is 166 Å². The fourth-order valence-electron chi connectivity index (χ4n) is 2.35. The van der Waals surface area contributed by atoms with Gasteiger partial charge < -0.3 is 9.29 Å². The third kappa shape index (κ3) is 6.95. The van der Waals surface area contributed by atoms with Gasteiger partial charge in [-0.05, 0) is 48.7 Å². The van der Waals surface area contributed by atoms with Crippen LogP contribution >= 0.6 is 0 Å². The summed E-state index contributed by atoms with van der Waals surface area (Å²) in [4.78, 5) is -0.286. The second kappa shape index (κ2) is 10.2. The first kappa shape index (κ1) is 21.2. The molecule has 0 aliphatic carbocycles. The van der Waals surface area contributed by atoms with Gasteiger partial charge >= 0.3 is 29.6 Å². The average Bonchev–Trinajstić information content (AvgIpc) is 2.51. The first-order valence-corrected chi connectivity index (χ1v) is 9.22. The van der Waals surface area contributed by atoms with Crippen LogP contribution in [-0.4, -0.2) is 13.0 Å². The molecule has 0 aliphatic rings. The molecule has 0 bridgehead atoms. The molecule has 0 heterocycles. The molecule has 2 aromatic rings. The minimum atomic E-state index is -4.47. The maximum absolute atomic E-state index is 11.1. The predicted octanol–water partition coefficient (Wildman–Crippen LogP) is 1.51. The van der Waals surface area contributed by atoms with Crippen LogP contribution in [-0.2, 0) is 16.5 Å². The normalized spacial score (nSPS) is 10.9. The predicted molar refractivity (Wildman–Crippen MR) is 88.8 cm³/mol. The minimum Gasteiger partial charge on any atom is -0.744 e. The van der Waals surface area contributed by atoms with Crippen molar-refractivity contribution in [2.75, 3.05) is 0 Å². The molecule has 24 heavy (non-hydrogen) atoms. The monoisotopic (exact) mass is 356 g/mol. The van der Waals surface area contributed by atoms with E-state index < -0.39 is 10.1 Å². The summed E-state index contributed by atoms with van der Waals surface area (Å²) in [5, 5.41) is 0. The van der Waals surface area contributed by atoms with Crippen molar-refractivity contribution in [1.29, 1.82) is 0 Å². The second-order valence-electron chi connectivity index (χ2n) is 5.49. The summed E-state index contributed by atoms with van der Waals surface area (Å²) in [7, 11) is -4.47. The number of benzene rings is 2. The van der Waals surface area contributed by atoms with Crippen molar-refractivity contribution in [3.63, 3.8) is 0 Å². The number of hydrogen-bond acceptors (Lipinski definition) is 4. The molecule has 2 aromatic carbocycles. The van der Waals surface area contributed by atoms with Crippen LogP contribution < -0.4 is 34.3 Å². The smallest absolute Gasteiger partial charge is 0.744 e. The van der Waals surface area contributed by atoms with E-state index in [0.29, 0.717) is 11.5 Å². The van der Waals surface area contributed by atoms with Gasteiger partial charge in [-0.25, -0.2) is 8.42 Å². The van der Waals surface area contributed by atoms with Crippen molar-refractivity contribution in [3.8, 4) is 11.5 Å². The number of ether oxygens (including phenoxy) is 1. The number of rotatable bonds is 8. The number of unbranched alkanes of at least 4 members (excludes halogenated alkanes) is 3. The fourth-order valence-corrected chi connectivity index (χ4v) is 2.86. The van der Waals surface area contributed by atoms with Gasteiger partial charge in [0.2, 0.25) is 0 Å². The van der Waals surface area contributed by atoms with Crippen LogP contribution in [0.2, 0.25) is 0 Å². The van der Waals surface area contributed by atoms with Gasteiger partial charge in [-0.3, -0.25) is 0 Å². The van der Waals surface area contributed by atoms with E-state index in [0.717, 1.165) is 12.8 Å². The molecule has 0 N–H and O–H groups in total. The summed E-state index contributed by atoms with van der Waals surface area (Å²) in [5.74, 6) is 0.975. The Morgan fingerprint density at radius 3 is 2.29 bits per heavy atom. The van der Waals surface area contributed by atoms with Gasteiger partial charge in [0.1, 0.15) is 21.6 Å². The van der Waals surface area contributed by atoms with Crippen LogP contribution in [0.1, 0.15) is 38.2 Å². The Balaban J connectivity index is 0.00000288. The molecule has 0 saturated carbocycles. The molecule has 4 nitrogen and oxygen atoms in total. The van der Waals surface area contributed by atoms with E-state index in [-0.39, 0.29) is 34.5 Å². The molecule has 0 fully saturated rings. The molecular weight excluding hydrogens is 335 g/mol. The van der Waals surface area contributed by atoms with E-state index in [1.807, 2.05) is 18.2 Å². The van der Waals surface area contributed by atoms with Crippen molar-refractivity contribution >= 4 is 10.1 Å². The van der Waals surface area contributed by atoms with Crippen molar-refractivity contribution in [1.82, 2.24) is 0 Å². The van der Waals surface area contributed by atoms with Gasteiger partial charge in [0.25, 0.3) is 0 Å². The zero-order valence-corrected chi connectivity index (χ0v) is 17.0. The third-order valence-electron chi connectivity index (χ3n) is 3.55. The second-order valence-corrected chi connectivity index (χ2v) is 6.87. The Bertz CT molecular complexity index is 744. The van der Waals surface area contributed by atoms with E-state index in [9.17, 15) is 13.0 Å². The molecule has 0 aliphatic heterocycles. The van der Waals surface area contributed by atoms with Crippen molar-refractivity contribution < 1.29 is 47.3 Å². The van der Waals surface area contributed by atoms with Crippen molar-refractivity contribution in [2.45, 2.75) is 43.9 Å². The van der Waals surface area contributed by atoms with Gasteiger partial charge in [0.05, 0.1) is 4.90 Å². The molecule has 0 amide bonds. The molecule has 2 rings (SSSR count). The topological polar surface area (TPSA) is 66.4 Å². The standard InChI is InChI=1S/C18H22O4S.Na/c1-2-3-4-5-8-15-9-6-10-16(13-15)22-17-11-7-12-18(14-17)23(19,20)21;/h6-7,9-14H,2-5,8H2,1H3,(H,19,20,21);/q;+1/p-1. The number of hydrogen-bond donors (Lipinski definition) is 0. The Hall–Kier alpha value is -0.850. The molecule has 0 atom stereocenters. The summed E-state index contributed by atoms with van der Waals surface area (Å²) in [6, 6.07) is 13.4. The molecule has 0 unspecified atom stereocenters. The van der Waals surface area contributed by atoms with Gasteiger partial charge in [-0.1, -0.05) is 44.4 Å². The quantitative estimate of drug-likeness (QED) is 0.409. The maximum Gasteiger partial charge on any atom is 1.00 e. The largest absolute Gasteiger partial charge is 1.00 e. The summed E-state index contributed by atoms with van der Waals surface area (Å²) >= 11 is 0. The van der Waals surface area contributed by atoms with Gasteiger partial charge in [-0.2, -0.15) is 0 Å². The van der Waals surface area contributed by atoms with Crippen LogP contribution in [0.3, 0.4) is 0 Å². The SMILES string of the molecule is CCCCCCc1cccc(Oc2cccc(S(=O)(=O)[O-])c2)c1.[Na+]. The van der Waals surface area contributed by atoms with Gasteiger partial charge in [0, 0.05) is 0 Å². The van der Waals surface area contributed by atoms with E-state index in [2.05, 4.69) is 13.0 Å². The summed E-state index contributed by atoms with van der Waals surface area (Å²) in [6.45, 7) is 2.19. The molecule has 124 valence electrons. The maximum atomic E-state index is 11.1. The van der Waals surface area contributed by atoms with Crippen molar-refractivity contribution in [3.05, 3.63) is 54.1 Å². The molecule has 0 radical (unpaired) electrons. The molecular formula is C18H21NaO4S. The summed E-state index contributed by atoms with van der Waals surface area (Å²) in [5.41, 5.74) is 1.19. The Morgan fingerprint density at radius 1 is 0.958 bits per heavy atom. The van der Waals surface area contributed by atoms with Crippen LogP contribution in [0.5, 0.6) is 11.5 Å². The summed E-state index contributed by atoms with van der Waals surface area (Å²) < 4.78 is 38.8. The van der Waals surface area contributed by atoms with E-state index in [1.165, 1.54) is 43.0 Å². The zero-order valence-electron chi connectivity index (χ0n) is 14.2. The first-order chi connectivity index (χ1) is 11.0. The molecule has 0 saturated heterocycles. The zero-order chi connectivity index (χ0) is 16.7. The van der Waals surface area contributed by atoms with Gasteiger partial charge in [-0.15, -0.1) is 0 Å². The van der Waals surface area contributed by atoms with Crippen LogP contribution in [0.4, 0.5) is 0 Å². The molecule has 6 heteroatoms. The Kier molecular flexibility index (Phi) is 9.02. The third-order valence-corrected chi connectivity index (χ3v) is 4.38. The van der Waals surface area contributed by atoms with Gasteiger partial charge in [0.15, 0.2) is 0 Å². The Morgan fingerprint density at radius 2 is 1.62 bits per heavy atom. The first-order valence-electron chi connectivity index (χ1n) is 7.82. The summed E-state index contributed by atoms with van der Waals surface area (Å²) in [6.07, 6.45) is 5.80. The minimum absolute atomic E-state index is 0. The van der Waals surface area contributed by atoms with Crippen LogP contribution in [0.25, 0.3) is 0 Å². The molecule has 0 spiro atoms. The van der Waals surface area contributed by atoms with Crippen LogP contribution in [0.15, 0.2) is 53.4 Å². The number of aryl methyl sites for hydroxylation is 1.